The summed E-state index contributed by atoms with van der Waals surface area (Å²) in [5.74, 6) is 1.44. The molecule has 0 aliphatic carbocycles. The third-order valence-corrected chi connectivity index (χ3v) is 6.04. The van der Waals surface area contributed by atoms with Gasteiger partial charge in [0, 0.05) is 31.1 Å². The van der Waals surface area contributed by atoms with E-state index in [0.29, 0.717) is 5.78 Å². The molecule has 126 valence electrons. The summed E-state index contributed by atoms with van der Waals surface area (Å²) in [6, 6.07) is 0. The molecule has 0 aromatic carbocycles. The minimum absolute atomic E-state index is 0.273. The minimum Gasteiger partial charge on any atom is -0.376 e. The number of thiophene rings is 1. The van der Waals surface area contributed by atoms with Crippen LogP contribution in [0.15, 0.2) is 0 Å². The first-order valence-electron chi connectivity index (χ1n) is 8.36. The van der Waals surface area contributed by atoms with E-state index in [-0.39, 0.29) is 6.10 Å². The quantitative estimate of drug-likeness (QED) is 0.766. The summed E-state index contributed by atoms with van der Waals surface area (Å²) in [5.41, 5.74) is 1.40. The van der Waals surface area contributed by atoms with Crippen molar-refractivity contribution in [3.63, 3.8) is 0 Å². The van der Waals surface area contributed by atoms with Gasteiger partial charge in [0.05, 0.1) is 11.5 Å². The van der Waals surface area contributed by atoms with Gasteiger partial charge in [-0.1, -0.05) is 5.10 Å². The van der Waals surface area contributed by atoms with E-state index >= 15 is 0 Å². The predicted molar refractivity (Wildman–Crippen MR) is 91.5 cm³/mol. The summed E-state index contributed by atoms with van der Waals surface area (Å²) in [5, 5.41) is 16.7. The Morgan fingerprint density at radius 2 is 2.38 bits per heavy atom. The maximum Gasteiger partial charge on any atom is 0.276 e. The fourth-order valence-electron chi connectivity index (χ4n) is 3.59. The number of likely N-dealkylation sites (N-methyl/N-ethyl adjacent to an activating group) is 1. The lowest BCUT2D eigenvalue weighted by Gasteiger charge is -2.22. The summed E-state index contributed by atoms with van der Waals surface area (Å²) in [7, 11) is 2.16. The van der Waals surface area contributed by atoms with Crippen LogP contribution >= 0.6 is 11.3 Å². The second kappa shape index (κ2) is 5.61. The maximum atomic E-state index is 5.73. The average molecular weight is 345 g/mol. The van der Waals surface area contributed by atoms with E-state index < -0.39 is 0 Å². The van der Waals surface area contributed by atoms with Gasteiger partial charge >= 0.3 is 0 Å². The monoisotopic (exact) mass is 345 g/mol. The van der Waals surface area contributed by atoms with Crippen LogP contribution < -0.4 is 5.32 Å². The molecule has 1 N–H and O–H groups in total. The molecule has 5 rings (SSSR count). The Labute approximate surface area is 142 Å². The van der Waals surface area contributed by atoms with Crippen molar-refractivity contribution < 1.29 is 4.74 Å². The molecule has 8 nitrogen and oxygen atoms in total. The van der Waals surface area contributed by atoms with Crippen molar-refractivity contribution in [2.45, 2.75) is 31.9 Å². The first kappa shape index (κ1) is 14.5. The standard InChI is InChI=1S/C15H19N7OS/c1-21-5-4-10-11(8-21)24-14-12(10)13(16-7-9-3-2-6-23-9)17-15-18-19-20-22(14)15/h9H,2-8H2,1H3,(H,16,17,18,20). The number of rotatable bonds is 3. The van der Waals surface area contributed by atoms with E-state index in [4.69, 9.17) is 4.74 Å². The van der Waals surface area contributed by atoms with Gasteiger partial charge in [-0.3, -0.25) is 0 Å². The lowest BCUT2D eigenvalue weighted by Crippen LogP contribution is -2.25. The molecule has 3 aromatic heterocycles. The number of hydrogen-bond acceptors (Lipinski definition) is 8. The Morgan fingerprint density at radius 1 is 1.42 bits per heavy atom. The molecule has 2 aliphatic rings. The molecule has 0 amide bonds. The molecule has 1 saturated heterocycles. The highest BCUT2D eigenvalue weighted by molar-refractivity contribution is 7.19. The Hall–Kier alpha value is -1.84. The number of nitrogens with zero attached hydrogens (tertiary/aromatic N) is 6. The van der Waals surface area contributed by atoms with Crippen molar-refractivity contribution in [2.75, 3.05) is 32.1 Å². The average Bonchev–Trinajstić information content (AvgIpc) is 3.30. The Kier molecular flexibility index (Phi) is 3.39. The third-order valence-electron chi connectivity index (χ3n) is 4.84. The van der Waals surface area contributed by atoms with E-state index in [1.165, 1.54) is 15.8 Å². The fraction of sp³-hybridized carbons (Fsp3) is 0.600. The number of hydrogen-bond donors (Lipinski definition) is 1. The van der Waals surface area contributed by atoms with Crippen molar-refractivity contribution in [3.8, 4) is 0 Å². The molecule has 0 radical (unpaired) electrons. The molecule has 2 aliphatic heterocycles. The van der Waals surface area contributed by atoms with Gasteiger partial charge in [0.15, 0.2) is 0 Å². The van der Waals surface area contributed by atoms with Crippen LogP contribution in [-0.2, 0) is 17.7 Å². The van der Waals surface area contributed by atoms with Crippen molar-refractivity contribution >= 4 is 33.1 Å². The van der Waals surface area contributed by atoms with Crippen LogP contribution in [0.1, 0.15) is 23.3 Å². The molecule has 0 saturated carbocycles. The molecule has 24 heavy (non-hydrogen) atoms. The second-order valence-electron chi connectivity index (χ2n) is 6.54. The summed E-state index contributed by atoms with van der Waals surface area (Å²) in [4.78, 5) is 9.50. The highest BCUT2D eigenvalue weighted by Crippen LogP contribution is 2.38. The van der Waals surface area contributed by atoms with E-state index in [1.54, 1.807) is 15.9 Å². The first-order chi connectivity index (χ1) is 11.8. The van der Waals surface area contributed by atoms with Crippen molar-refractivity contribution in [1.82, 2.24) is 29.9 Å². The van der Waals surface area contributed by atoms with Crippen LogP contribution in [0.2, 0.25) is 0 Å². The zero-order valence-corrected chi connectivity index (χ0v) is 14.3. The molecule has 1 atom stereocenters. The third kappa shape index (κ3) is 2.27. The first-order valence-corrected chi connectivity index (χ1v) is 9.17. The van der Waals surface area contributed by atoms with Crippen molar-refractivity contribution in [1.29, 1.82) is 0 Å². The van der Waals surface area contributed by atoms with Crippen LogP contribution in [-0.4, -0.2) is 62.8 Å². The molecule has 3 aromatic rings. The Morgan fingerprint density at radius 3 is 3.25 bits per heavy atom. The van der Waals surface area contributed by atoms with Crippen molar-refractivity contribution in [3.05, 3.63) is 10.4 Å². The number of nitrogens with one attached hydrogen (secondary N) is 1. The topological polar surface area (TPSA) is 80.5 Å². The van der Waals surface area contributed by atoms with E-state index in [1.807, 2.05) is 0 Å². The van der Waals surface area contributed by atoms with E-state index in [2.05, 4.69) is 37.8 Å². The van der Waals surface area contributed by atoms with Gasteiger partial charge in [-0.05, 0) is 42.3 Å². The van der Waals surface area contributed by atoms with Crippen LogP contribution in [0.5, 0.6) is 0 Å². The highest BCUT2D eigenvalue weighted by atomic mass is 32.1. The number of anilines is 1. The van der Waals surface area contributed by atoms with Gasteiger partial charge in [0.1, 0.15) is 10.6 Å². The van der Waals surface area contributed by atoms with Crippen LogP contribution in [0, 0.1) is 0 Å². The fourth-order valence-corrected chi connectivity index (χ4v) is 4.97. The SMILES string of the molecule is CN1CCc2c(sc3c2c(NCC2CCCO2)nc2nnnn23)C1. The molecule has 1 unspecified atom stereocenters. The second-order valence-corrected chi connectivity index (χ2v) is 7.62. The van der Waals surface area contributed by atoms with E-state index in [9.17, 15) is 0 Å². The largest absolute Gasteiger partial charge is 0.376 e. The number of tetrazole rings is 1. The normalized spacial score (nSPS) is 21.6. The zero-order valence-electron chi connectivity index (χ0n) is 13.5. The number of ether oxygens (including phenoxy) is 1. The summed E-state index contributed by atoms with van der Waals surface area (Å²) < 4.78 is 7.49. The van der Waals surface area contributed by atoms with Gasteiger partial charge in [-0.25, -0.2) is 0 Å². The van der Waals surface area contributed by atoms with Crippen LogP contribution in [0.4, 0.5) is 5.82 Å². The van der Waals surface area contributed by atoms with Gasteiger partial charge in [0.25, 0.3) is 5.78 Å². The smallest absolute Gasteiger partial charge is 0.276 e. The number of aromatic nitrogens is 5. The van der Waals surface area contributed by atoms with Crippen LogP contribution in [0.3, 0.4) is 0 Å². The zero-order chi connectivity index (χ0) is 16.1. The van der Waals surface area contributed by atoms with Crippen LogP contribution in [0.25, 0.3) is 16.0 Å². The van der Waals surface area contributed by atoms with E-state index in [0.717, 1.165) is 56.2 Å². The highest BCUT2D eigenvalue weighted by Gasteiger charge is 2.25. The molecule has 0 spiro atoms. The molecule has 5 heterocycles. The van der Waals surface area contributed by atoms with Gasteiger partial charge in [-0.2, -0.15) is 9.50 Å². The molecule has 1 fully saturated rings. The molecular weight excluding hydrogens is 326 g/mol. The number of fused-ring (bicyclic) bond motifs is 5. The van der Waals surface area contributed by atoms with Gasteiger partial charge in [0.2, 0.25) is 0 Å². The molecule has 9 heteroatoms. The summed E-state index contributed by atoms with van der Waals surface area (Å²) >= 11 is 1.78. The summed E-state index contributed by atoms with van der Waals surface area (Å²) in [6.45, 7) is 3.69. The summed E-state index contributed by atoms with van der Waals surface area (Å²) in [6.07, 6.45) is 3.56. The Bertz CT molecular complexity index is 898. The van der Waals surface area contributed by atoms with Crippen molar-refractivity contribution in [2.24, 2.45) is 0 Å². The lowest BCUT2D eigenvalue weighted by molar-refractivity contribution is 0.120. The molecule has 0 bridgehead atoms. The predicted octanol–water partition coefficient (Wildman–Crippen LogP) is 1.31. The minimum atomic E-state index is 0.273. The Balaban J connectivity index is 1.62. The maximum absolute atomic E-state index is 5.73. The van der Waals surface area contributed by atoms with Gasteiger partial charge in [-0.15, -0.1) is 11.3 Å². The lowest BCUT2D eigenvalue weighted by atomic mass is 10.1. The molecular formula is C15H19N7OS. The van der Waals surface area contributed by atoms with Gasteiger partial charge < -0.3 is 15.0 Å².